The second-order valence-electron chi connectivity index (χ2n) is 5.86. The maximum absolute atomic E-state index is 12.3. The highest BCUT2D eigenvalue weighted by Gasteiger charge is 2.15. The molecule has 0 radical (unpaired) electrons. The molecule has 2 nitrogen and oxygen atoms in total. The van der Waals surface area contributed by atoms with Gasteiger partial charge in [0.1, 0.15) is 0 Å². The Bertz CT molecular complexity index is 561. The van der Waals surface area contributed by atoms with E-state index in [0.717, 1.165) is 22.9 Å². The van der Waals surface area contributed by atoms with Gasteiger partial charge in [-0.05, 0) is 24.0 Å². The molecule has 0 saturated heterocycles. The third-order valence-corrected chi connectivity index (χ3v) is 3.04. The molecular formula is C16H19NO. The molecule has 0 aliphatic rings. The van der Waals surface area contributed by atoms with Gasteiger partial charge in [0, 0.05) is 23.6 Å². The van der Waals surface area contributed by atoms with Gasteiger partial charge in [0.25, 0.3) is 0 Å². The molecule has 2 heteroatoms. The summed E-state index contributed by atoms with van der Waals surface area (Å²) in [6, 6.07) is 9.67. The molecule has 0 aliphatic carbocycles. The molecule has 0 fully saturated rings. The second kappa shape index (κ2) is 4.89. The van der Waals surface area contributed by atoms with Crippen LogP contribution in [0.3, 0.4) is 0 Å². The van der Waals surface area contributed by atoms with Crippen LogP contribution in [-0.2, 0) is 0 Å². The number of benzene rings is 1. The van der Waals surface area contributed by atoms with Crippen LogP contribution in [0.5, 0.6) is 0 Å². The normalized spacial score (nSPS) is 11.7. The maximum atomic E-state index is 12.3. The number of aromatic nitrogens is 1. The van der Waals surface area contributed by atoms with Gasteiger partial charge in [-0.15, -0.1) is 0 Å². The summed E-state index contributed by atoms with van der Waals surface area (Å²) in [6.07, 6.45) is 3.22. The Balaban J connectivity index is 2.28. The largest absolute Gasteiger partial charge is 0.294 e. The van der Waals surface area contributed by atoms with Crippen molar-refractivity contribution in [3.8, 4) is 0 Å². The zero-order valence-corrected chi connectivity index (χ0v) is 11.2. The number of rotatable bonds is 3. The van der Waals surface area contributed by atoms with Gasteiger partial charge in [-0.25, -0.2) is 0 Å². The van der Waals surface area contributed by atoms with E-state index in [-0.39, 0.29) is 11.2 Å². The van der Waals surface area contributed by atoms with Crippen molar-refractivity contribution < 1.29 is 4.79 Å². The number of carbonyl (C=O) groups excluding carboxylic acids is 1. The zero-order chi connectivity index (χ0) is 13.2. The van der Waals surface area contributed by atoms with Crippen LogP contribution in [0.4, 0.5) is 0 Å². The number of hydrogen-bond donors (Lipinski definition) is 0. The third-order valence-electron chi connectivity index (χ3n) is 3.04. The minimum Gasteiger partial charge on any atom is -0.294 e. The summed E-state index contributed by atoms with van der Waals surface area (Å²) in [5, 5.41) is 1.03. The average molecular weight is 241 g/mol. The lowest BCUT2D eigenvalue weighted by Gasteiger charge is -2.17. The van der Waals surface area contributed by atoms with Crippen molar-refractivity contribution in [1.29, 1.82) is 0 Å². The number of pyridine rings is 1. The van der Waals surface area contributed by atoms with Crippen LogP contribution in [0.2, 0.25) is 0 Å². The Morgan fingerprint density at radius 3 is 2.61 bits per heavy atom. The Kier molecular flexibility index (Phi) is 3.46. The van der Waals surface area contributed by atoms with Crippen LogP contribution in [0.15, 0.2) is 36.5 Å². The molecule has 0 atom stereocenters. The van der Waals surface area contributed by atoms with Crippen LogP contribution >= 0.6 is 0 Å². The van der Waals surface area contributed by atoms with Crippen LogP contribution in [0.1, 0.15) is 44.0 Å². The third kappa shape index (κ3) is 2.95. The summed E-state index contributed by atoms with van der Waals surface area (Å²) in [4.78, 5) is 16.6. The molecule has 2 rings (SSSR count). The van der Waals surface area contributed by atoms with Crippen LogP contribution in [0.25, 0.3) is 10.9 Å². The lowest BCUT2D eigenvalue weighted by Crippen LogP contribution is -2.09. The molecule has 18 heavy (non-hydrogen) atoms. The van der Waals surface area contributed by atoms with Gasteiger partial charge in [-0.1, -0.05) is 39.0 Å². The van der Waals surface area contributed by atoms with Crippen LogP contribution in [0, 0.1) is 5.41 Å². The molecule has 94 valence electrons. The highest BCUT2D eigenvalue weighted by molar-refractivity contribution is 6.06. The van der Waals surface area contributed by atoms with E-state index >= 15 is 0 Å². The Morgan fingerprint density at radius 2 is 1.89 bits per heavy atom. The minimum absolute atomic E-state index is 0.188. The van der Waals surface area contributed by atoms with E-state index in [1.54, 1.807) is 6.20 Å². The highest BCUT2D eigenvalue weighted by Crippen LogP contribution is 2.24. The Hall–Kier alpha value is -1.70. The number of fused-ring (bicyclic) bond motifs is 1. The Labute approximate surface area is 108 Å². The molecule has 0 saturated carbocycles. The van der Waals surface area contributed by atoms with Crippen molar-refractivity contribution in [2.45, 2.75) is 33.6 Å². The van der Waals surface area contributed by atoms with Gasteiger partial charge in [-0.3, -0.25) is 9.78 Å². The molecule has 1 heterocycles. The van der Waals surface area contributed by atoms with Gasteiger partial charge < -0.3 is 0 Å². The van der Waals surface area contributed by atoms with Crippen molar-refractivity contribution in [2.24, 2.45) is 5.41 Å². The molecule has 0 unspecified atom stereocenters. The zero-order valence-electron chi connectivity index (χ0n) is 11.2. The van der Waals surface area contributed by atoms with Crippen molar-refractivity contribution in [2.75, 3.05) is 0 Å². The first kappa shape index (κ1) is 12.7. The molecule has 0 amide bonds. The molecule has 2 aromatic rings. The van der Waals surface area contributed by atoms with E-state index in [2.05, 4.69) is 25.8 Å². The summed E-state index contributed by atoms with van der Waals surface area (Å²) in [6.45, 7) is 6.46. The topological polar surface area (TPSA) is 30.0 Å². The maximum Gasteiger partial charge on any atom is 0.165 e. The first-order valence-corrected chi connectivity index (χ1v) is 6.34. The standard InChI is InChI=1S/C16H19NO/c1-16(2,3)10-9-14(18)13-8-4-6-12-7-5-11-17-15(12)13/h4-8,11H,9-10H2,1-3H3. The monoisotopic (exact) mass is 241 g/mol. The van der Waals surface area contributed by atoms with E-state index in [9.17, 15) is 4.79 Å². The number of nitrogens with zero attached hydrogens (tertiary/aromatic N) is 1. The Morgan fingerprint density at radius 1 is 1.17 bits per heavy atom. The smallest absolute Gasteiger partial charge is 0.165 e. The van der Waals surface area contributed by atoms with Crippen molar-refractivity contribution >= 4 is 16.7 Å². The summed E-state index contributed by atoms with van der Waals surface area (Å²) in [5.41, 5.74) is 1.75. The number of hydrogen-bond acceptors (Lipinski definition) is 2. The molecular weight excluding hydrogens is 222 g/mol. The van der Waals surface area contributed by atoms with E-state index in [0.29, 0.717) is 6.42 Å². The van der Waals surface area contributed by atoms with Gasteiger partial charge in [0.15, 0.2) is 5.78 Å². The molecule has 0 spiro atoms. The lowest BCUT2D eigenvalue weighted by atomic mass is 9.88. The van der Waals surface area contributed by atoms with Gasteiger partial charge in [0.2, 0.25) is 0 Å². The molecule has 0 aliphatic heterocycles. The van der Waals surface area contributed by atoms with Crippen LogP contribution < -0.4 is 0 Å². The molecule has 1 aromatic heterocycles. The fraction of sp³-hybridized carbons (Fsp3) is 0.375. The van der Waals surface area contributed by atoms with Crippen molar-refractivity contribution in [1.82, 2.24) is 4.98 Å². The second-order valence-corrected chi connectivity index (χ2v) is 5.86. The predicted octanol–water partition coefficient (Wildman–Crippen LogP) is 4.24. The first-order chi connectivity index (χ1) is 8.47. The van der Waals surface area contributed by atoms with E-state index in [1.807, 2.05) is 30.3 Å². The first-order valence-electron chi connectivity index (χ1n) is 6.34. The fourth-order valence-corrected chi connectivity index (χ4v) is 1.95. The van der Waals surface area contributed by atoms with Crippen molar-refractivity contribution in [3.05, 3.63) is 42.1 Å². The van der Waals surface area contributed by atoms with E-state index < -0.39 is 0 Å². The fourth-order valence-electron chi connectivity index (χ4n) is 1.95. The lowest BCUT2D eigenvalue weighted by molar-refractivity contribution is 0.0967. The summed E-state index contributed by atoms with van der Waals surface area (Å²) in [7, 11) is 0. The van der Waals surface area contributed by atoms with Gasteiger partial charge in [-0.2, -0.15) is 0 Å². The van der Waals surface area contributed by atoms with Crippen molar-refractivity contribution in [3.63, 3.8) is 0 Å². The summed E-state index contributed by atoms with van der Waals surface area (Å²) in [5.74, 6) is 0.189. The predicted molar refractivity (Wildman–Crippen MR) is 74.8 cm³/mol. The van der Waals surface area contributed by atoms with Crippen LogP contribution in [-0.4, -0.2) is 10.8 Å². The highest BCUT2D eigenvalue weighted by atomic mass is 16.1. The quantitative estimate of drug-likeness (QED) is 0.752. The number of para-hydroxylation sites is 1. The average Bonchev–Trinajstić information content (AvgIpc) is 2.34. The summed E-state index contributed by atoms with van der Waals surface area (Å²) < 4.78 is 0. The van der Waals surface area contributed by atoms with Gasteiger partial charge >= 0.3 is 0 Å². The molecule has 1 aromatic carbocycles. The number of ketones is 1. The summed E-state index contributed by atoms with van der Waals surface area (Å²) >= 11 is 0. The minimum atomic E-state index is 0.188. The van der Waals surface area contributed by atoms with Gasteiger partial charge in [0.05, 0.1) is 5.52 Å². The van der Waals surface area contributed by atoms with E-state index in [4.69, 9.17) is 0 Å². The number of carbonyl (C=O) groups is 1. The SMILES string of the molecule is CC(C)(C)CCC(=O)c1cccc2cccnc12. The molecule has 0 N–H and O–H groups in total. The number of Topliss-reactive ketones (excluding diaryl/α,β-unsaturated/α-hetero) is 1. The molecule has 0 bridgehead atoms. The van der Waals surface area contributed by atoms with E-state index in [1.165, 1.54) is 0 Å².